The van der Waals surface area contributed by atoms with Gasteiger partial charge < -0.3 is 4.98 Å². The van der Waals surface area contributed by atoms with E-state index in [0.29, 0.717) is 11.4 Å². The lowest BCUT2D eigenvalue weighted by Crippen LogP contribution is -2.44. The number of aromatic nitrogens is 1. The van der Waals surface area contributed by atoms with Crippen LogP contribution >= 0.6 is 11.6 Å². The number of benzene rings is 2. The van der Waals surface area contributed by atoms with E-state index in [1.807, 2.05) is 44.3 Å². The zero-order chi connectivity index (χ0) is 18.2. The van der Waals surface area contributed by atoms with Crippen LogP contribution in [0, 0.1) is 6.92 Å². The van der Waals surface area contributed by atoms with Crippen LogP contribution in [0.15, 0.2) is 53.6 Å². The summed E-state index contributed by atoms with van der Waals surface area (Å²) < 4.78 is 28.3. The van der Waals surface area contributed by atoms with Gasteiger partial charge in [0.05, 0.1) is 4.90 Å². The van der Waals surface area contributed by atoms with E-state index in [-0.39, 0.29) is 4.90 Å². The van der Waals surface area contributed by atoms with Crippen molar-refractivity contribution in [2.24, 2.45) is 0 Å². The monoisotopic (exact) mass is 376 g/mol. The van der Waals surface area contributed by atoms with Gasteiger partial charge in [0.15, 0.2) is 0 Å². The highest BCUT2D eigenvalue weighted by Crippen LogP contribution is 2.25. The Balaban J connectivity index is 1.86. The highest BCUT2D eigenvalue weighted by atomic mass is 35.5. The van der Waals surface area contributed by atoms with E-state index in [9.17, 15) is 8.42 Å². The lowest BCUT2D eigenvalue weighted by molar-refractivity contribution is 0.451. The number of rotatable bonds is 5. The fraction of sp³-hybridized carbons (Fsp3) is 0.263. The lowest BCUT2D eigenvalue weighted by Gasteiger charge is -2.26. The quantitative estimate of drug-likeness (QED) is 0.691. The molecule has 6 heteroatoms. The van der Waals surface area contributed by atoms with Gasteiger partial charge in [0, 0.05) is 27.7 Å². The number of nitrogens with one attached hydrogen (secondary N) is 2. The van der Waals surface area contributed by atoms with Crippen molar-refractivity contribution in [3.8, 4) is 0 Å². The predicted octanol–water partition coefficient (Wildman–Crippen LogP) is 4.43. The molecule has 0 saturated carbocycles. The summed E-state index contributed by atoms with van der Waals surface area (Å²) in [7, 11) is -3.63. The molecular weight excluding hydrogens is 356 g/mol. The molecule has 0 bridgehead atoms. The summed E-state index contributed by atoms with van der Waals surface area (Å²) in [6.07, 6.45) is 2.51. The van der Waals surface area contributed by atoms with Crippen LogP contribution in [-0.2, 0) is 16.4 Å². The molecule has 0 amide bonds. The van der Waals surface area contributed by atoms with Crippen LogP contribution in [0.5, 0.6) is 0 Å². The molecule has 132 valence electrons. The molecule has 0 atom stereocenters. The van der Waals surface area contributed by atoms with Crippen LogP contribution in [0.25, 0.3) is 10.9 Å². The Hall–Kier alpha value is -1.82. The standard InChI is InChI=1S/C19H21ClN2O2S/c1-13-10-15(8-9-17(13)20)25(23,24)22-19(2,3)11-14-12-21-18-7-5-4-6-16(14)18/h4-10,12,21-22H,11H2,1-3H3. The van der Waals surface area contributed by atoms with Crippen molar-refractivity contribution < 1.29 is 8.42 Å². The Morgan fingerprint density at radius 2 is 1.88 bits per heavy atom. The first kappa shape index (κ1) is 18.0. The molecule has 2 aromatic carbocycles. The van der Waals surface area contributed by atoms with E-state index in [1.54, 1.807) is 19.1 Å². The van der Waals surface area contributed by atoms with E-state index in [0.717, 1.165) is 22.0 Å². The molecule has 2 N–H and O–H groups in total. The third-order valence-electron chi connectivity index (χ3n) is 4.16. The molecule has 0 fully saturated rings. The first-order valence-electron chi connectivity index (χ1n) is 8.03. The molecule has 0 saturated heterocycles. The SMILES string of the molecule is Cc1cc(S(=O)(=O)NC(C)(C)Cc2c[nH]c3ccccc23)ccc1Cl. The third-order valence-corrected chi connectivity index (χ3v) is 6.28. The molecule has 3 rings (SSSR count). The maximum Gasteiger partial charge on any atom is 0.241 e. The molecule has 0 aliphatic rings. The summed E-state index contributed by atoms with van der Waals surface area (Å²) in [6.45, 7) is 5.56. The van der Waals surface area contributed by atoms with Gasteiger partial charge in [0.2, 0.25) is 10.0 Å². The van der Waals surface area contributed by atoms with Gasteiger partial charge in [-0.2, -0.15) is 0 Å². The Bertz CT molecular complexity index is 1020. The highest BCUT2D eigenvalue weighted by molar-refractivity contribution is 7.89. The van der Waals surface area contributed by atoms with Crippen molar-refractivity contribution in [3.63, 3.8) is 0 Å². The minimum atomic E-state index is -3.63. The topological polar surface area (TPSA) is 62.0 Å². The number of aromatic amines is 1. The smallest absolute Gasteiger partial charge is 0.241 e. The number of hydrogen-bond acceptors (Lipinski definition) is 2. The molecular formula is C19H21ClN2O2S. The summed E-state index contributed by atoms with van der Waals surface area (Å²) >= 11 is 6.00. The van der Waals surface area contributed by atoms with Gasteiger partial charge in [-0.25, -0.2) is 13.1 Å². The second-order valence-electron chi connectivity index (χ2n) is 6.94. The summed E-state index contributed by atoms with van der Waals surface area (Å²) in [6, 6.07) is 12.7. The predicted molar refractivity (Wildman–Crippen MR) is 103 cm³/mol. The molecule has 1 heterocycles. The average Bonchev–Trinajstić information content (AvgIpc) is 2.91. The zero-order valence-electron chi connectivity index (χ0n) is 14.4. The van der Waals surface area contributed by atoms with E-state index < -0.39 is 15.6 Å². The van der Waals surface area contributed by atoms with Gasteiger partial charge >= 0.3 is 0 Å². The number of hydrogen-bond donors (Lipinski definition) is 2. The van der Waals surface area contributed by atoms with Gasteiger partial charge in [-0.05, 0) is 62.6 Å². The van der Waals surface area contributed by atoms with Crippen molar-refractivity contribution in [1.82, 2.24) is 9.71 Å². The fourth-order valence-electron chi connectivity index (χ4n) is 3.00. The number of fused-ring (bicyclic) bond motifs is 1. The van der Waals surface area contributed by atoms with Gasteiger partial charge in [-0.15, -0.1) is 0 Å². The summed E-state index contributed by atoms with van der Waals surface area (Å²) in [4.78, 5) is 3.45. The van der Waals surface area contributed by atoms with Gasteiger partial charge in [0.25, 0.3) is 0 Å². The Morgan fingerprint density at radius 1 is 1.16 bits per heavy atom. The third kappa shape index (κ3) is 3.89. The minimum absolute atomic E-state index is 0.224. The second-order valence-corrected chi connectivity index (χ2v) is 9.03. The number of halogens is 1. The maximum atomic E-state index is 12.7. The summed E-state index contributed by atoms with van der Waals surface area (Å²) in [5.74, 6) is 0. The normalized spacial score (nSPS) is 12.6. The molecule has 3 aromatic rings. The van der Waals surface area contributed by atoms with Crippen LogP contribution in [0.2, 0.25) is 5.02 Å². The van der Waals surface area contributed by atoms with Crippen molar-refractivity contribution >= 4 is 32.5 Å². The second kappa shape index (κ2) is 6.48. The molecule has 0 radical (unpaired) electrons. The maximum absolute atomic E-state index is 12.7. The molecule has 0 aliphatic heterocycles. The first-order valence-corrected chi connectivity index (χ1v) is 9.89. The van der Waals surface area contributed by atoms with Crippen LogP contribution in [-0.4, -0.2) is 18.9 Å². The number of H-pyrrole nitrogens is 1. The van der Waals surface area contributed by atoms with E-state index in [4.69, 9.17) is 11.6 Å². The van der Waals surface area contributed by atoms with E-state index in [1.165, 1.54) is 6.07 Å². The highest BCUT2D eigenvalue weighted by Gasteiger charge is 2.27. The zero-order valence-corrected chi connectivity index (χ0v) is 16.0. The van der Waals surface area contributed by atoms with Crippen molar-refractivity contribution in [2.45, 2.75) is 37.6 Å². The molecule has 25 heavy (non-hydrogen) atoms. The van der Waals surface area contributed by atoms with Crippen LogP contribution in [0.3, 0.4) is 0 Å². The van der Waals surface area contributed by atoms with E-state index >= 15 is 0 Å². The lowest BCUT2D eigenvalue weighted by atomic mass is 9.96. The van der Waals surface area contributed by atoms with Crippen molar-refractivity contribution in [1.29, 1.82) is 0 Å². The molecule has 0 spiro atoms. The Labute approximate surface area is 153 Å². The van der Waals surface area contributed by atoms with Crippen molar-refractivity contribution in [3.05, 3.63) is 64.8 Å². The first-order chi connectivity index (χ1) is 11.7. The minimum Gasteiger partial charge on any atom is -0.361 e. The number of para-hydroxylation sites is 1. The summed E-state index contributed by atoms with van der Waals surface area (Å²) in [5.41, 5.74) is 2.22. The number of sulfonamides is 1. The molecule has 1 aromatic heterocycles. The number of aryl methyl sites for hydroxylation is 1. The molecule has 4 nitrogen and oxygen atoms in total. The van der Waals surface area contributed by atoms with Crippen molar-refractivity contribution in [2.75, 3.05) is 0 Å². The van der Waals surface area contributed by atoms with Gasteiger partial charge in [0.1, 0.15) is 0 Å². The van der Waals surface area contributed by atoms with Crippen LogP contribution in [0.4, 0.5) is 0 Å². The molecule has 0 unspecified atom stereocenters. The summed E-state index contributed by atoms with van der Waals surface area (Å²) in [5, 5.41) is 1.66. The largest absolute Gasteiger partial charge is 0.361 e. The Kier molecular flexibility index (Phi) is 4.66. The van der Waals surface area contributed by atoms with Gasteiger partial charge in [-0.1, -0.05) is 29.8 Å². The van der Waals surface area contributed by atoms with Gasteiger partial charge in [-0.3, -0.25) is 0 Å². The van der Waals surface area contributed by atoms with Crippen LogP contribution < -0.4 is 4.72 Å². The van der Waals surface area contributed by atoms with Crippen LogP contribution in [0.1, 0.15) is 25.0 Å². The van der Waals surface area contributed by atoms with E-state index in [2.05, 4.69) is 9.71 Å². The Morgan fingerprint density at radius 3 is 2.60 bits per heavy atom. The average molecular weight is 377 g/mol. The molecule has 0 aliphatic carbocycles. The fourth-order valence-corrected chi connectivity index (χ4v) is 4.61.